The average molecular weight is 211 g/mol. The standard InChI is InChI=1S/C13H13N3/c1-16-13(15)12-7-10-5-3-2-4-9(10)6-11(12)8-14/h2-8,14H,1H3,(H2,15,16). The fraction of sp³-hybridized carbons (Fsp3) is 0.0769. The zero-order chi connectivity index (χ0) is 11.5. The molecule has 2 aromatic carbocycles. The van der Waals surface area contributed by atoms with Gasteiger partial charge in [0, 0.05) is 24.4 Å². The molecule has 0 fully saturated rings. The van der Waals surface area contributed by atoms with Gasteiger partial charge in [0.15, 0.2) is 0 Å². The number of amidine groups is 1. The van der Waals surface area contributed by atoms with Gasteiger partial charge in [0.05, 0.1) is 0 Å². The largest absolute Gasteiger partial charge is 0.383 e. The molecule has 0 radical (unpaired) electrons. The molecule has 0 aliphatic heterocycles. The lowest BCUT2D eigenvalue weighted by atomic mass is 10.0. The number of fused-ring (bicyclic) bond motifs is 1. The summed E-state index contributed by atoms with van der Waals surface area (Å²) in [6.45, 7) is 0. The monoisotopic (exact) mass is 211 g/mol. The Balaban J connectivity index is 2.77. The maximum Gasteiger partial charge on any atom is 0.126 e. The molecule has 0 bridgehead atoms. The van der Waals surface area contributed by atoms with Gasteiger partial charge in [0.25, 0.3) is 0 Å². The van der Waals surface area contributed by atoms with Gasteiger partial charge in [0.2, 0.25) is 0 Å². The summed E-state index contributed by atoms with van der Waals surface area (Å²) in [5.74, 6) is 0.462. The van der Waals surface area contributed by atoms with Crippen LogP contribution in [0.3, 0.4) is 0 Å². The van der Waals surface area contributed by atoms with Crippen molar-refractivity contribution in [3.8, 4) is 0 Å². The number of hydrogen-bond acceptors (Lipinski definition) is 2. The van der Waals surface area contributed by atoms with E-state index in [9.17, 15) is 0 Å². The van der Waals surface area contributed by atoms with Gasteiger partial charge in [-0.1, -0.05) is 24.3 Å². The number of nitrogens with one attached hydrogen (secondary N) is 1. The molecule has 3 heteroatoms. The molecule has 0 unspecified atom stereocenters. The van der Waals surface area contributed by atoms with Crippen molar-refractivity contribution in [2.75, 3.05) is 7.05 Å². The SMILES string of the molecule is CN=C(N)c1cc2ccccc2cc1C=N. The van der Waals surface area contributed by atoms with Crippen LogP contribution in [0, 0.1) is 5.41 Å². The number of benzene rings is 2. The highest BCUT2D eigenvalue weighted by molar-refractivity contribution is 6.07. The first-order valence-corrected chi connectivity index (χ1v) is 5.02. The molecule has 0 atom stereocenters. The van der Waals surface area contributed by atoms with E-state index in [1.807, 2.05) is 36.4 Å². The van der Waals surface area contributed by atoms with Crippen molar-refractivity contribution >= 4 is 22.8 Å². The van der Waals surface area contributed by atoms with Gasteiger partial charge in [-0.05, 0) is 22.9 Å². The molecule has 0 aliphatic rings. The maximum atomic E-state index is 7.39. The number of nitrogens with zero attached hydrogens (tertiary/aromatic N) is 1. The Kier molecular flexibility index (Phi) is 2.68. The van der Waals surface area contributed by atoms with Crippen LogP contribution in [-0.4, -0.2) is 19.1 Å². The highest BCUT2D eigenvalue weighted by Gasteiger charge is 2.05. The lowest BCUT2D eigenvalue weighted by Gasteiger charge is -2.07. The quantitative estimate of drug-likeness (QED) is 0.580. The van der Waals surface area contributed by atoms with Gasteiger partial charge in [-0.3, -0.25) is 4.99 Å². The van der Waals surface area contributed by atoms with E-state index in [-0.39, 0.29) is 0 Å². The molecule has 80 valence electrons. The molecule has 0 heterocycles. The normalized spacial score (nSPS) is 11.7. The molecule has 0 amide bonds. The van der Waals surface area contributed by atoms with Gasteiger partial charge < -0.3 is 11.1 Å². The van der Waals surface area contributed by atoms with E-state index in [4.69, 9.17) is 11.1 Å². The van der Waals surface area contributed by atoms with E-state index in [2.05, 4.69) is 4.99 Å². The summed E-state index contributed by atoms with van der Waals surface area (Å²) >= 11 is 0. The van der Waals surface area contributed by atoms with Crippen LogP contribution in [0.5, 0.6) is 0 Å². The molecule has 3 nitrogen and oxygen atoms in total. The summed E-state index contributed by atoms with van der Waals surface area (Å²) in [4.78, 5) is 3.97. The van der Waals surface area contributed by atoms with Crippen LogP contribution in [0.4, 0.5) is 0 Å². The minimum atomic E-state index is 0.462. The van der Waals surface area contributed by atoms with Crippen molar-refractivity contribution in [2.45, 2.75) is 0 Å². The fourth-order valence-corrected chi connectivity index (χ4v) is 1.72. The first-order chi connectivity index (χ1) is 7.76. The van der Waals surface area contributed by atoms with Crippen molar-refractivity contribution < 1.29 is 0 Å². The third-order valence-electron chi connectivity index (χ3n) is 2.59. The topological polar surface area (TPSA) is 62.2 Å². The summed E-state index contributed by atoms with van der Waals surface area (Å²) in [5.41, 5.74) is 7.42. The summed E-state index contributed by atoms with van der Waals surface area (Å²) in [5, 5.41) is 9.60. The molecule has 0 aromatic heterocycles. The molecule has 3 N–H and O–H groups in total. The van der Waals surface area contributed by atoms with E-state index in [0.29, 0.717) is 5.84 Å². The van der Waals surface area contributed by atoms with Crippen LogP contribution in [-0.2, 0) is 0 Å². The van der Waals surface area contributed by atoms with E-state index in [1.54, 1.807) is 7.05 Å². The number of rotatable bonds is 2. The van der Waals surface area contributed by atoms with Crippen molar-refractivity contribution in [1.82, 2.24) is 0 Å². The van der Waals surface area contributed by atoms with Gasteiger partial charge >= 0.3 is 0 Å². The molecule has 0 spiro atoms. The summed E-state index contributed by atoms with van der Waals surface area (Å²) < 4.78 is 0. The summed E-state index contributed by atoms with van der Waals surface area (Å²) in [6, 6.07) is 11.9. The van der Waals surface area contributed by atoms with Crippen LogP contribution in [0.2, 0.25) is 0 Å². The van der Waals surface area contributed by atoms with Gasteiger partial charge in [0.1, 0.15) is 5.84 Å². The first kappa shape index (κ1) is 10.4. The fourth-order valence-electron chi connectivity index (χ4n) is 1.72. The Morgan fingerprint density at radius 1 is 1.25 bits per heavy atom. The Morgan fingerprint density at radius 3 is 2.44 bits per heavy atom. The van der Waals surface area contributed by atoms with E-state index >= 15 is 0 Å². The maximum absolute atomic E-state index is 7.39. The minimum Gasteiger partial charge on any atom is -0.383 e. The second-order valence-corrected chi connectivity index (χ2v) is 3.54. The lowest BCUT2D eigenvalue weighted by Crippen LogP contribution is -2.15. The zero-order valence-electron chi connectivity index (χ0n) is 9.07. The predicted octanol–water partition coefficient (Wildman–Crippen LogP) is 2.17. The highest BCUT2D eigenvalue weighted by Crippen LogP contribution is 2.18. The molecule has 16 heavy (non-hydrogen) atoms. The molecule has 2 aromatic rings. The second-order valence-electron chi connectivity index (χ2n) is 3.54. The Labute approximate surface area is 94.1 Å². The third-order valence-corrected chi connectivity index (χ3v) is 2.59. The van der Waals surface area contributed by atoms with E-state index < -0.39 is 0 Å². The van der Waals surface area contributed by atoms with Crippen LogP contribution in [0.1, 0.15) is 11.1 Å². The van der Waals surface area contributed by atoms with Crippen molar-refractivity contribution in [3.05, 3.63) is 47.5 Å². The Morgan fingerprint density at radius 2 is 1.88 bits per heavy atom. The average Bonchev–Trinajstić information content (AvgIpc) is 2.36. The predicted molar refractivity (Wildman–Crippen MR) is 68.5 cm³/mol. The van der Waals surface area contributed by atoms with Gasteiger partial charge in [-0.2, -0.15) is 0 Å². The van der Waals surface area contributed by atoms with Crippen LogP contribution in [0.25, 0.3) is 10.8 Å². The number of hydrogen-bond donors (Lipinski definition) is 2. The lowest BCUT2D eigenvalue weighted by molar-refractivity contribution is 1.39. The molecule has 0 saturated heterocycles. The molecule has 0 aliphatic carbocycles. The van der Waals surface area contributed by atoms with Crippen molar-refractivity contribution in [3.63, 3.8) is 0 Å². The van der Waals surface area contributed by atoms with Gasteiger partial charge in [-0.25, -0.2) is 0 Å². The third kappa shape index (κ3) is 1.67. The van der Waals surface area contributed by atoms with Crippen molar-refractivity contribution in [1.29, 1.82) is 5.41 Å². The Hall–Kier alpha value is -2.16. The minimum absolute atomic E-state index is 0.462. The summed E-state index contributed by atoms with van der Waals surface area (Å²) in [6.07, 6.45) is 1.31. The number of aliphatic imine (C=N–C) groups is 1. The van der Waals surface area contributed by atoms with Gasteiger partial charge in [-0.15, -0.1) is 0 Å². The van der Waals surface area contributed by atoms with Crippen LogP contribution in [0.15, 0.2) is 41.4 Å². The zero-order valence-corrected chi connectivity index (χ0v) is 9.07. The highest BCUT2D eigenvalue weighted by atomic mass is 14.8. The molecular weight excluding hydrogens is 198 g/mol. The number of nitrogens with two attached hydrogens (primary N) is 1. The van der Waals surface area contributed by atoms with Crippen LogP contribution < -0.4 is 5.73 Å². The molecule has 2 rings (SSSR count). The van der Waals surface area contributed by atoms with Crippen molar-refractivity contribution in [2.24, 2.45) is 10.7 Å². The van der Waals surface area contributed by atoms with Crippen LogP contribution >= 0.6 is 0 Å². The summed E-state index contributed by atoms with van der Waals surface area (Å²) in [7, 11) is 1.65. The molecular formula is C13H13N3. The first-order valence-electron chi connectivity index (χ1n) is 5.02. The second kappa shape index (κ2) is 4.14. The molecule has 0 saturated carbocycles. The smallest absolute Gasteiger partial charge is 0.126 e. The van der Waals surface area contributed by atoms with E-state index in [0.717, 1.165) is 21.9 Å². The Bertz CT molecular complexity index is 570. The van der Waals surface area contributed by atoms with E-state index in [1.165, 1.54) is 6.21 Å².